The van der Waals surface area contributed by atoms with Crippen LogP contribution in [0.3, 0.4) is 0 Å². The van der Waals surface area contributed by atoms with Gasteiger partial charge in [0.1, 0.15) is 5.75 Å². The second-order valence-corrected chi connectivity index (χ2v) is 6.07. The summed E-state index contributed by atoms with van der Waals surface area (Å²) in [6, 6.07) is 7.22. The van der Waals surface area contributed by atoms with Crippen LogP contribution in [0.5, 0.6) is 5.75 Å². The Labute approximate surface area is 161 Å². The summed E-state index contributed by atoms with van der Waals surface area (Å²) in [6.45, 7) is -1.49. The normalized spacial score (nSPS) is 11.0. The molecule has 0 fully saturated rings. The number of rotatable bonds is 6. The average molecular weight is 411 g/mol. The quantitative estimate of drug-likeness (QED) is 0.613. The van der Waals surface area contributed by atoms with Gasteiger partial charge < -0.3 is 14.6 Å². The maximum Gasteiger partial charge on any atom is 0.387 e. The number of aryl methyl sites for hydroxylation is 1. The monoisotopic (exact) mass is 411 g/mol. The van der Waals surface area contributed by atoms with E-state index in [1.54, 1.807) is 6.92 Å². The molecule has 1 aromatic heterocycles. The number of hydrogen-bond donors (Lipinski definition) is 1. The van der Waals surface area contributed by atoms with E-state index in [0.29, 0.717) is 16.8 Å². The van der Waals surface area contributed by atoms with Crippen molar-refractivity contribution in [2.75, 3.05) is 5.32 Å². The van der Waals surface area contributed by atoms with Gasteiger partial charge in [0, 0.05) is 11.9 Å². The van der Waals surface area contributed by atoms with Gasteiger partial charge in [-0.15, -0.1) is 0 Å². The number of hydrogen-bond acceptors (Lipinski definition) is 4. The van der Waals surface area contributed by atoms with E-state index in [2.05, 4.69) is 15.0 Å². The Morgan fingerprint density at radius 3 is 2.48 bits per heavy atom. The van der Waals surface area contributed by atoms with Crippen molar-refractivity contribution in [3.05, 3.63) is 81.5 Å². The highest BCUT2D eigenvalue weighted by Crippen LogP contribution is 2.25. The Morgan fingerprint density at radius 2 is 1.83 bits per heavy atom. The van der Waals surface area contributed by atoms with Crippen molar-refractivity contribution >= 4 is 11.6 Å². The molecule has 3 rings (SSSR count). The van der Waals surface area contributed by atoms with E-state index in [4.69, 9.17) is 0 Å². The molecule has 0 saturated carbocycles. The average Bonchev–Trinajstić information content (AvgIpc) is 2.64. The third kappa shape index (κ3) is 4.89. The van der Waals surface area contributed by atoms with Crippen molar-refractivity contribution in [2.45, 2.75) is 20.1 Å². The first-order chi connectivity index (χ1) is 13.7. The molecule has 0 bridgehead atoms. The molecular formula is C19H14F5N3O2. The molecule has 29 heavy (non-hydrogen) atoms. The zero-order chi connectivity index (χ0) is 21.1. The lowest BCUT2D eigenvalue weighted by atomic mass is 10.2. The van der Waals surface area contributed by atoms with Crippen LogP contribution < -0.4 is 15.6 Å². The third-order valence-electron chi connectivity index (χ3n) is 3.96. The SMILES string of the molecule is Cc1cc(OC(F)F)ccc1Nc1nc(=O)c(F)cn1Cc1ccc(F)c(F)c1. The molecule has 1 N–H and O–H groups in total. The van der Waals surface area contributed by atoms with Gasteiger partial charge in [-0.25, -0.2) is 8.78 Å². The van der Waals surface area contributed by atoms with Crippen molar-refractivity contribution in [3.63, 3.8) is 0 Å². The Kier molecular flexibility index (Phi) is 5.81. The van der Waals surface area contributed by atoms with Gasteiger partial charge in [0.15, 0.2) is 11.6 Å². The first-order valence-corrected chi connectivity index (χ1v) is 8.26. The molecule has 0 atom stereocenters. The standard InChI is InChI=1S/C19H14F5N3O2/c1-10-6-12(29-18(23)24)3-5-16(10)25-19-26-17(28)15(22)9-27(19)8-11-2-4-13(20)14(21)7-11/h2-7,9,18H,8H2,1H3,(H,25,26,28). The highest BCUT2D eigenvalue weighted by Gasteiger charge is 2.13. The molecule has 3 aromatic rings. The van der Waals surface area contributed by atoms with Gasteiger partial charge in [0.2, 0.25) is 11.8 Å². The number of ether oxygens (including phenoxy) is 1. The summed E-state index contributed by atoms with van der Waals surface area (Å²) >= 11 is 0. The molecule has 0 aliphatic rings. The van der Waals surface area contributed by atoms with Gasteiger partial charge in [0.05, 0.1) is 6.54 Å². The lowest BCUT2D eigenvalue weighted by molar-refractivity contribution is -0.0498. The predicted octanol–water partition coefficient (Wildman–Crippen LogP) is 4.36. The van der Waals surface area contributed by atoms with Crippen LogP contribution >= 0.6 is 0 Å². The van der Waals surface area contributed by atoms with Crippen LogP contribution in [0.2, 0.25) is 0 Å². The molecule has 10 heteroatoms. The lowest BCUT2D eigenvalue weighted by Gasteiger charge is -2.16. The molecule has 0 aliphatic carbocycles. The molecule has 0 saturated heterocycles. The smallest absolute Gasteiger partial charge is 0.387 e. The fraction of sp³-hybridized carbons (Fsp3) is 0.158. The highest BCUT2D eigenvalue weighted by molar-refractivity contribution is 5.60. The summed E-state index contributed by atoms with van der Waals surface area (Å²) in [7, 11) is 0. The zero-order valence-corrected chi connectivity index (χ0v) is 14.9. The van der Waals surface area contributed by atoms with E-state index in [1.165, 1.54) is 28.8 Å². The number of nitrogens with one attached hydrogen (secondary N) is 1. The minimum Gasteiger partial charge on any atom is -0.435 e. The highest BCUT2D eigenvalue weighted by atomic mass is 19.3. The number of nitrogens with zero attached hydrogens (tertiary/aromatic N) is 2. The van der Waals surface area contributed by atoms with Gasteiger partial charge >= 0.3 is 12.2 Å². The number of benzene rings is 2. The van der Waals surface area contributed by atoms with Gasteiger partial charge in [-0.3, -0.25) is 4.79 Å². The Balaban J connectivity index is 1.93. The number of anilines is 2. The van der Waals surface area contributed by atoms with Crippen LogP contribution in [0, 0.1) is 24.4 Å². The van der Waals surface area contributed by atoms with E-state index < -0.39 is 29.6 Å². The van der Waals surface area contributed by atoms with E-state index in [1.807, 2.05) is 0 Å². The van der Waals surface area contributed by atoms with Gasteiger partial charge in [-0.1, -0.05) is 6.07 Å². The topological polar surface area (TPSA) is 56.1 Å². The Morgan fingerprint density at radius 1 is 1.07 bits per heavy atom. The van der Waals surface area contributed by atoms with Crippen LogP contribution in [0.15, 0.2) is 47.4 Å². The van der Waals surface area contributed by atoms with Gasteiger partial charge in [0.25, 0.3) is 0 Å². The van der Waals surface area contributed by atoms with E-state index in [-0.39, 0.29) is 18.2 Å². The summed E-state index contributed by atoms with van der Waals surface area (Å²) in [5, 5.41) is 2.81. The second-order valence-electron chi connectivity index (χ2n) is 6.07. The van der Waals surface area contributed by atoms with E-state index in [9.17, 15) is 26.7 Å². The first kappa shape index (κ1) is 20.3. The number of aromatic nitrogens is 2. The summed E-state index contributed by atoms with van der Waals surface area (Å²) in [5.74, 6) is -3.37. The number of alkyl halides is 2. The van der Waals surface area contributed by atoms with Crippen LogP contribution in [-0.2, 0) is 6.54 Å². The molecule has 5 nitrogen and oxygen atoms in total. The molecule has 1 heterocycles. The van der Waals surface area contributed by atoms with E-state index >= 15 is 0 Å². The van der Waals surface area contributed by atoms with Gasteiger partial charge in [-0.05, 0) is 48.4 Å². The van der Waals surface area contributed by atoms with Crippen molar-refractivity contribution < 1.29 is 26.7 Å². The maximum atomic E-state index is 13.8. The van der Waals surface area contributed by atoms with Crippen LogP contribution in [0.4, 0.5) is 33.6 Å². The fourth-order valence-electron chi connectivity index (χ4n) is 2.59. The summed E-state index contributed by atoms with van der Waals surface area (Å²) in [6.07, 6.45) is 0.878. The molecular weight excluding hydrogens is 397 g/mol. The summed E-state index contributed by atoms with van der Waals surface area (Å²) < 4.78 is 70.5. The van der Waals surface area contributed by atoms with Gasteiger partial charge in [-0.2, -0.15) is 18.2 Å². The lowest BCUT2D eigenvalue weighted by Crippen LogP contribution is -2.20. The molecule has 0 spiro atoms. The van der Waals surface area contributed by atoms with Crippen molar-refractivity contribution in [1.82, 2.24) is 9.55 Å². The van der Waals surface area contributed by atoms with Crippen LogP contribution in [-0.4, -0.2) is 16.2 Å². The number of halogens is 5. The molecule has 0 radical (unpaired) electrons. The van der Waals surface area contributed by atoms with Crippen molar-refractivity contribution in [2.24, 2.45) is 0 Å². The molecule has 0 aliphatic heterocycles. The van der Waals surface area contributed by atoms with Crippen molar-refractivity contribution in [3.8, 4) is 5.75 Å². The van der Waals surface area contributed by atoms with Crippen LogP contribution in [0.1, 0.15) is 11.1 Å². The zero-order valence-electron chi connectivity index (χ0n) is 14.9. The fourth-order valence-corrected chi connectivity index (χ4v) is 2.59. The largest absolute Gasteiger partial charge is 0.435 e. The minimum absolute atomic E-state index is 0.0608. The minimum atomic E-state index is -2.98. The second kappa shape index (κ2) is 8.29. The molecule has 0 unspecified atom stereocenters. The molecule has 152 valence electrons. The molecule has 0 amide bonds. The van der Waals surface area contributed by atoms with Crippen molar-refractivity contribution in [1.29, 1.82) is 0 Å². The first-order valence-electron chi connectivity index (χ1n) is 8.26. The summed E-state index contributed by atoms with van der Waals surface area (Å²) in [5.41, 5.74) is 0.0591. The van der Waals surface area contributed by atoms with Crippen LogP contribution in [0.25, 0.3) is 0 Å². The predicted molar refractivity (Wildman–Crippen MR) is 95.0 cm³/mol. The maximum absolute atomic E-state index is 13.8. The summed E-state index contributed by atoms with van der Waals surface area (Å²) in [4.78, 5) is 15.3. The van der Waals surface area contributed by atoms with E-state index in [0.717, 1.165) is 18.3 Å². The Hall–Kier alpha value is -3.43. The Bertz CT molecular complexity index is 1100. The molecule has 2 aromatic carbocycles. The third-order valence-corrected chi connectivity index (χ3v) is 3.96.